The van der Waals surface area contributed by atoms with Crippen LogP contribution in [0.15, 0.2) is 48.5 Å². The number of aryl methyl sites for hydroxylation is 2. The van der Waals surface area contributed by atoms with Crippen molar-refractivity contribution in [2.24, 2.45) is 0 Å². The van der Waals surface area contributed by atoms with E-state index < -0.39 is 5.91 Å². The van der Waals surface area contributed by atoms with Crippen LogP contribution in [0.3, 0.4) is 0 Å². The molecule has 0 bridgehead atoms. The summed E-state index contributed by atoms with van der Waals surface area (Å²) in [5.41, 5.74) is 5.94. The van der Waals surface area contributed by atoms with Crippen LogP contribution in [-0.2, 0) is 16.2 Å². The van der Waals surface area contributed by atoms with E-state index in [0.29, 0.717) is 5.56 Å². The molecule has 2 aromatic carbocycles. The van der Waals surface area contributed by atoms with E-state index in [2.05, 4.69) is 10.8 Å². The van der Waals surface area contributed by atoms with Crippen molar-refractivity contribution < 1.29 is 14.4 Å². The monoisotopic (exact) mass is 312 g/mol. The Morgan fingerprint density at radius 2 is 1.74 bits per heavy atom. The average molecular weight is 312 g/mol. The van der Waals surface area contributed by atoms with E-state index in [0.717, 1.165) is 16.7 Å². The van der Waals surface area contributed by atoms with Crippen LogP contribution < -0.4 is 10.8 Å². The van der Waals surface area contributed by atoms with Gasteiger partial charge in [0.05, 0.1) is 13.2 Å². The topological polar surface area (TPSA) is 67.4 Å². The molecule has 0 atom stereocenters. The average Bonchev–Trinajstić information content (AvgIpc) is 2.56. The van der Waals surface area contributed by atoms with Crippen LogP contribution in [0.4, 0.5) is 0 Å². The van der Waals surface area contributed by atoms with Crippen LogP contribution in [0, 0.1) is 13.8 Å². The smallest absolute Gasteiger partial charge is 0.262 e. The van der Waals surface area contributed by atoms with Gasteiger partial charge in [-0.15, -0.1) is 0 Å². The molecule has 0 fully saturated rings. The third-order valence-corrected chi connectivity index (χ3v) is 3.45. The summed E-state index contributed by atoms with van der Waals surface area (Å²) < 4.78 is 0. The second kappa shape index (κ2) is 8.10. The molecule has 0 aromatic heterocycles. The van der Waals surface area contributed by atoms with Gasteiger partial charge in [-0.05, 0) is 42.7 Å². The summed E-state index contributed by atoms with van der Waals surface area (Å²) in [5, 5.41) is 2.56. The largest absolute Gasteiger partial charge is 0.343 e. The summed E-state index contributed by atoms with van der Waals surface area (Å²) >= 11 is 0. The number of carbonyl (C=O) groups excluding carboxylic acids is 2. The summed E-state index contributed by atoms with van der Waals surface area (Å²) in [5.74, 6) is -0.690. The number of hydroxylamine groups is 1. The van der Waals surface area contributed by atoms with Gasteiger partial charge in [-0.2, -0.15) is 0 Å². The van der Waals surface area contributed by atoms with Gasteiger partial charge >= 0.3 is 0 Å². The van der Waals surface area contributed by atoms with Crippen molar-refractivity contribution in [1.82, 2.24) is 10.8 Å². The Balaban J connectivity index is 1.73. The highest BCUT2D eigenvalue weighted by Gasteiger charge is 2.09. The van der Waals surface area contributed by atoms with Crippen molar-refractivity contribution in [3.63, 3.8) is 0 Å². The Morgan fingerprint density at radius 3 is 2.43 bits per heavy atom. The van der Waals surface area contributed by atoms with Crippen molar-refractivity contribution >= 4 is 11.8 Å². The van der Waals surface area contributed by atoms with E-state index in [1.54, 1.807) is 12.1 Å². The minimum absolute atomic E-state index is 0.138. The second-order valence-corrected chi connectivity index (χ2v) is 5.28. The molecular weight excluding hydrogens is 292 g/mol. The standard InChI is InChI=1S/C18H20N2O3/c1-13-8-9-16(10-14(13)2)18(22)19-11-17(21)20-23-12-15-6-4-3-5-7-15/h3-10H,11-12H2,1-2H3,(H,19,22)(H,20,21). The van der Waals surface area contributed by atoms with Gasteiger partial charge in [0.1, 0.15) is 0 Å². The fourth-order valence-electron chi connectivity index (χ4n) is 1.96. The lowest BCUT2D eigenvalue weighted by Crippen LogP contribution is -2.36. The SMILES string of the molecule is Cc1ccc(C(=O)NCC(=O)NOCc2ccccc2)cc1C. The van der Waals surface area contributed by atoms with Gasteiger partial charge in [0.15, 0.2) is 0 Å². The molecule has 2 rings (SSSR count). The normalized spacial score (nSPS) is 10.2. The van der Waals surface area contributed by atoms with Crippen molar-refractivity contribution in [3.8, 4) is 0 Å². The van der Waals surface area contributed by atoms with Gasteiger partial charge in [0, 0.05) is 5.56 Å². The van der Waals surface area contributed by atoms with Gasteiger partial charge < -0.3 is 5.32 Å². The predicted molar refractivity (Wildman–Crippen MR) is 87.6 cm³/mol. The third kappa shape index (κ3) is 5.23. The molecule has 2 aromatic rings. The number of amides is 2. The Kier molecular flexibility index (Phi) is 5.88. The molecule has 0 aliphatic rings. The predicted octanol–water partition coefficient (Wildman–Crippen LogP) is 2.28. The maximum absolute atomic E-state index is 12.0. The van der Waals surface area contributed by atoms with Crippen LogP contribution >= 0.6 is 0 Å². The first-order valence-electron chi connectivity index (χ1n) is 7.36. The third-order valence-electron chi connectivity index (χ3n) is 3.45. The highest BCUT2D eigenvalue weighted by Crippen LogP contribution is 2.09. The first kappa shape index (κ1) is 16.7. The lowest BCUT2D eigenvalue weighted by molar-refractivity contribution is -0.133. The molecular formula is C18H20N2O3. The molecule has 2 amide bonds. The van der Waals surface area contributed by atoms with E-state index in [1.165, 1.54) is 0 Å². The van der Waals surface area contributed by atoms with Crippen LogP contribution in [0.1, 0.15) is 27.0 Å². The maximum Gasteiger partial charge on any atom is 0.262 e. The number of hydrogen-bond donors (Lipinski definition) is 2. The highest BCUT2D eigenvalue weighted by molar-refractivity contribution is 5.96. The first-order valence-corrected chi connectivity index (χ1v) is 7.36. The summed E-state index contributed by atoms with van der Waals surface area (Å²) in [6.45, 7) is 4.06. The van der Waals surface area contributed by atoms with Crippen LogP contribution in [0.5, 0.6) is 0 Å². The molecule has 0 spiro atoms. The highest BCUT2D eigenvalue weighted by atomic mass is 16.6. The lowest BCUT2D eigenvalue weighted by atomic mass is 10.1. The fraction of sp³-hybridized carbons (Fsp3) is 0.222. The van der Waals surface area contributed by atoms with Crippen LogP contribution in [-0.4, -0.2) is 18.4 Å². The van der Waals surface area contributed by atoms with Crippen LogP contribution in [0.25, 0.3) is 0 Å². The van der Waals surface area contributed by atoms with Gasteiger partial charge in [-0.1, -0.05) is 36.4 Å². The molecule has 5 nitrogen and oxygen atoms in total. The molecule has 0 saturated heterocycles. The number of benzene rings is 2. The van der Waals surface area contributed by atoms with Crippen molar-refractivity contribution in [1.29, 1.82) is 0 Å². The Hall–Kier alpha value is -2.66. The molecule has 0 heterocycles. The molecule has 0 radical (unpaired) electrons. The maximum atomic E-state index is 12.0. The Morgan fingerprint density at radius 1 is 1.00 bits per heavy atom. The summed E-state index contributed by atoms with van der Waals surface area (Å²) in [4.78, 5) is 28.7. The quantitative estimate of drug-likeness (QED) is 0.804. The summed E-state index contributed by atoms with van der Waals surface area (Å²) in [6, 6.07) is 14.9. The summed E-state index contributed by atoms with van der Waals surface area (Å²) in [7, 11) is 0. The Labute approximate surface area is 135 Å². The second-order valence-electron chi connectivity index (χ2n) is 5.28. The molecule has 0 saturated carbocycles. The number of hydrogen-bond acceptors (Lipinski definition) is 3. The molecule has 120 valence electrons. The van der Waals surface area contributed by atoms with Crippen molar-refractivity contribution in [2.45, 2.75) is 20.5 Å². The van der Waals surface area contributed by atoms with E-state index in [-0.39, 0.29) is 19.1 Å². The lowest BCUT2D eigenvalue weighted by Gasteiger charge is -2.08. The minimum Gasteiger partial charge on any atom is -0.343 e. The molecule has 0 aliphatic heterocycles. The summed E-state index contributed by atoms with van der Waals surface area (Å²) in [6.07, 6.45) is 0. The van der Waals surface area contributed by atoms with Crippen LogP contribution in [0.2, 0.25) is 0 Å². The van der Waals surface area contributed by atoms with E-state index in [4.69, 9.17) is 4.84 Å². The zero-order valence-corrected chi connectivity index (χ0v) is 13.3. The molecule has 5 heteroatoms. The zero-order valence-electron chi connectivity index (χ0n) is 13.3. The molecule has 23 heavy (non-hydrogen) atoms. The van der Waals surface area contributed by atoms with E-state index in [1.807, 2.05) is 50.2 Å². The van der Waals surface area contributed by atoms with E-state index in [9.17, 15) is 9.59 Å². The van der Waals surface area contributed by atoms with Gasteiger partial charge in [-0.3, -0.25) is 14.4 Å². The number of rotatable bonds is 6. The van der Waals surface area contributed by atoms with Gasteiger partial charge in [0.2, 0.25) is 0 Å². The first-order chi connectivity index (χ1) is 11.1. The van der Waals surface area contributed by atoms with Crippen molar-refractivity contribution in [3.05, 3.63) is 70.8 Å². The van der Waals surface area contributed by atoms with E-state index >= 15 is 0 Å². The number of nitrogens with one attached hydrogen (secondary N) is 2. The zero-order chi connectivity index (χ0) is 16.7. The van der Waals surface area contributed by atoms with Gasteiger partial charge in [0.25, 0.3) is 11.8 Å². The number of carbonyl (C=O) groups is 2. The Bertz CT molecular complexity index is 684. The molecule has 0 aliphatic carbocycles. The fourth-order valence-corrected chi connectivity index (χ4v) is 1.96. The molecule has 2 N–H and O–H groups in total. The molecule has 0 unspecified atom stereocenters. The van der Waals surface area contributed by atoms with Gasteiger partial charge in [-0.25, -0.2) is 5.48 Å². The van der Waals surface area contributed by atoms with Crippen molar-refractivity contribution in [2.75, 3.05) is 6.54 Å². The minimum atomic E-state index is -0.405.